The van der Waals surface area contributed by atoms with E-state index in [4.69, 9.17) is 14.6 Å². The quantitative estimate of drug-likeness (QED) is 0.325. The van der Waals surface area contributed by atoms with Crippen LogP contribution in [-0.4, -0.2) is 65.1 Å². The summed E-state index contributed by atoms with van der Waals surface area (Å²) >= 11 is 0. The second-order valence-electron chi connectivity index (χ2n) is 11.3. The molecular formula is C32H38N4O4. The fourth-order valence-electron chi connectivity index (χ4n) is 4.82. The Balaban J connectivity index is 1.37. The van der Waals surface area contributed by atoms with Crippen LogP contribution in [0.25, 0.3) is 16.5 Å². The second-order valence-corrected chi connectivity index (χ2v) is 11.3. The molecule has 0 radical (unpaired) electrons. The highest BCUT2D eigenvalue weighted by molar-refractivity contribution is 5.99. The van der Waals surface area contributed by atoms with Gasteiger partial charge in [0.1, 0.15) is 18.2 Å². The van der Waals surface area contributed by atoms with E-state index in [0.717, 1.165) is 66.3 Å². The van der Waals surface area contributed by atoms with Crippen molar-refractivity contribution in [2.45, 2.75) is 39.2 Å². The molecule has 1 aliphatic rings. The lowest BCUT2D eigenvalue weighted by atomic mass is 9.92. The van der Waals surface area contributed by atoms with Crippen LogP contribution in [0.2, 0.25) is 0 Å². The molecule has 1 unspecified atom stereocenters. The number of nitrogens with one attached hydrogen (secondary N) is 1. The molecule has 40 heavy (non-hydrogen) atoms. The second kappa shape index (κ2) is 11.8. The van der Waals surface area contributed by atoms with Gasteiger partial charge in [0, 0.05) is 36.5 Å². The van der Waals surface area contributed by atoms with Crippen LogP contribution in [0.3, 0.4) is 0 Å². The summed E-state index contributed by atoms with van der Waals surface area (Å²) in [6.45, 7) is 12.9. The number of nitrogens with zero attached hydrogens (tertiary/aromatic N) is 3. The van der Waals surface area contributed by atoms with Gasteiger partial charge < -0.3 is 19.9 Å². The summed E-state index contributed by atoms with van der Waals surface area (Å²) in [6.07, 6.45) is -1.38. The summed E-state index contributed by atoms with van der Waals surface area (Å²) in [5.41, 5.74) is 3.10. The van der Waals surface area contributed by atoms with Gasteiger partial charge >= 0.3 is 0 Å². The minimum atomic E-state index is -1.38. The number of aliphatic hydroxyl groups excluding tert-OH is 1. The standard InChI is InChI=1S/C32H38N4O4/c1-22-9-11-23(12-10-22)36-29(21-28(34-36)32(2,3)4)33-31(38)30(37)26-13-14-27(25-8-6-5-7-24(25)26)40-20-17-35-15-18-39-19-16-35/h5-14,21,30,37H,15-20H2,1-4H3,(H,33,38). The monoisotopic (exact) mass is 542 g/mol. The van der Waals surface area contributed by atoms with Crippen LogP contribution < -0.4 is 10.1 Å². The van der Waals surface area contributed by atoms with E-state index in [-0.39, 0.29) is 5.41 Å². The number of rotatable bonds is 8. The third-order valence-corrected chi connectivity index (χ3v) is 7.24. The van der Waals surface area contributed by atoms with Crippen LogP contribution >= 0.6 is 0 Å². The van der Waals surface area contributed by atoms with Crippen molar-refractivity contribution in [2.75, 3.05) is 44.8 Å². The zero-order chi connectivity index (χ0) is 28.3. The van der Waals surface area contributed by atoms with Gasteiger partial charge in [0.2, 0.25) is 0 Å². The van der Waals surface area contributed by atoms with Crippen LogP contribution in [0.4, 0.5) is 5.82 Å². The predicted octanol–water partition coefficient (Wildman–Crippen LogP) is 5.01. The van der Waals surface area contributed by atoms with Crippen molar-refractivity contribution >= 4 is 22.5 Å². The number of ether oxygens (including phenoxy) is 2. The molecule has 1 fully saturated rings. The van der Waals surface area contributed by atoms with E-state index in [2.05, 4.69) is 31.0 Å². The summed E-state index contributed by atoms with van der Waals surface area (Å²) in [7, 11) is 0. The number of hydrogen-bond acceptors (Lipinski definition) is 6. The Hall–Kier alpha value is -3.72. The van der Waals surface area contributed by atoms with Crippen molar-refractivity contribution in [3.05, 3.63) is 83.6 Å². The van der Waals surface area contributed by atoms with Gasteiger partial charge in [-0.3, -0.25) is 9.69 Å². The molecule has 3 aromatic carbocycles. The number of benzene rings is 3. The van der Waals surface area contributed by atoms with Gasteiger partial charge in [-0.15, -0.1) is 0 Å². The van der Waals surface area contributed by atoms with Gasteiger partial charge in [0.05, 0.1) is 24.6 Å². The van der Waals surface area contributed by atoms with Gasteiger partial charge in [-0.1, -0.05) is 68.8 Å². The van der Waals surface area contributed by atoms with Crippen molar-refractivity contribution in [1.82, 2.24) is 14.7 Å². The molecule has 2 N–H and O–H groups in total. The number of fused-ring (bicyclic) bond motifs is 1. The summed E-state index contributed by atoms with van der Waals surface area (Å²) in [5.74, 6) is 0.706. The van der Waals surface area contributed by atoms with Crippen molar-refractivity contribution in [2.24, 2.45) is 0 Å². The molecule has 8 nitrogen and oxygen atoms in total. The number of carbonyl (C=O) groups is 1. The van der Waals surface area contributed by atoms with E-state index in [1.165, 1.54) is 0 Å². The Morgan fingerprint density at radius 2 is 1.75 bits per heavy atom. The van der Waals surface area contributed by atoms with E-state index in [1.807, 2.05) is 67.6 Å². The molecule has 0 spiro atoms. The number of aryl methyl sites for hydroxylation is 1. The number of anilines is 1. The maximum atomic E-state index is 13.4. The maximum absolute atomic E-state index is 13.4. The van der Waals surface area contributed by atoms with E-state index in [0.29, 0.717) is 18.0 Å². The lowest BCUT2D eigenvalue weighted by Crippen LogP contribution is -2.38. The van der Waals surface area contributed by atoms with E-state index in [9.17, 15) is 9.90 Å². The van der Waals surface area contributed by atoms with Crippen LogP contribution in [0, 0.1) is 6.92 Å². The van der Waals surface area contributed by atoms with Crippen molar-refractivity contribution < 1.29 is 19.4 Å². The third-order valence-electron chi connectivity index (χ3n) is 7.24. The number of aromatic nitrogens is 2. The molecule has 1 saturated heterocycles. The molecular weight excluding hydrogens is 504 g/mol. The summed E-state index contributed by atoms with van der Waals surface area (Å²) < 4.78 is 13.3. The number of amides is 1. The number of hydrogen-bond donors (Lipinski definition) is 2. The average molecular weight is 543 g/mol. The van der Waals surface area contributed by atoms with E-state index in [1.54, 1.807) is 10.7 Å². The van der Waals surface area contributed by atoms with Crippen LogP contribution in [0.5, 0.6) is 5.75 Å². The van der Waals surface area contributed by atoms with Crippen LogP contribution in [0.15, 0.2) is 66.7 Å². The predicted molar refractivity (Wildman–Crippen MR) is 157 cm³/mol. The summed E-state index contributed by atoms with van der Waals surface area (Å²) in [4.78, 5) is 15.8. The summed E-state index contributed by atoms with van der Waals surface area (Å²) in [6, 6.07) is 21.1. The molecule has 1 aliphatic heterocycles. The lowest BCUT2D eigenvalue weighted by Gasteiger charge is -2.26. The zero-order valence-corrected chi connectivity index (χ0v) is 23.7. The first-order valence-electron chi connectivity index (χ1n) is 13.8. The van der Waals surface area contributed by atoms with Crippen LogP contribution in [0.1, 0.15) is 43.7 Å². The highest BCUT2D eigenvalue weighted by Crippen LogP contribution is 2.33. The minimum Gasteiger partial charge on any atom is -0.492 e. The van der Waals surface area contributed by atoms with Gasteiger partial charge in [-0.25, -0.2) is 4.68 Å². The Morgan fingerprint density at radius 3 is 2.45 bits per heavy atom. The normalized spacial score (nSPS) is 15.2. The SMILES string of the molecule is Cc1ccc(-n2nc(C(C)(C)C)cc2NC(=O)C(O)c2ccc(OCCN3CCOCC3)c3ccccc23)cc1. The molecule has 1 atom stereocenters. The fraction of sp³-hybridized carbons (Fsp3) is 0.375. The molecule has 210 valence electrons. The first-order valence-corrected chi connectivity index (χ1v) is 13.8. The number of carbonyl (C=O) groups excluding carboxylic acids is 1. The highest BCUT2D eigenvalue weighted by Gasteiger charge is 2.25. The molecule has 4 aromatic rings. The Labute approximate surface area is 235 Å². The maximum Gasteiger partial charge on any atom is 0.259 e. The number of aliphatic hydroxyl groups is 1. The molecule has 0 saturated carbocycles. The first-order chi connectivity index (χ1) is 19.2. The van der Waals surface area contributed by atoms with E-state index >= 15 is 0 Å². The van der Waals surface area contributed by atoms with Crippen molar-refractivity contribution in [3.63, 3.8) is 0 Å². The van der Waals surface area contributed by atoms with Crippen molar-refractivity contribution in [1.29, 1.82) is 0 Å². The highest BCUT2D eigenvalue weighted by atomic mass is 16.5. The Kier molecular flexibility index (Phi) is 8.21. The smallest absolute Gasteiger partial charge is 0.259 e. The molecule has 0 aliphatic carbocycles. The molecule has 0 bridgehead atoms. The topological polar surface area (TPSA) is 88.9 Å². The third kappa shape index (κ3) is 6.20. The average Bonchev–Trinajstić information content (AvgIpc) is 3.38. The minimum absolute atomic E-state index is 0.220. The molecule has 1 amide bonds. The Morgan fingerprint density at radius 1 is 1.05 bits per heavy atom. The molecule has 8 heteroatoms. The first kappa shape index (κ1) is 27.8. The van der Waals surface area contributed by atoms with Gasteiger partial charge in [0.25, 0.3) is 5.91 Å². The lowest BCUT2D eigenvalue weighted by molar-refractivity contribution is -0.124. The largest absolute Gasteiger partial charge is 0.492 e. The van der Waals surface area contributed by atoms with Crippen molar-refractivity contribution in [3.8, 4) is 11.4 Å². The molecule has 2 heterocycles. The number of morpholine rings is 1. The van der Waals surface area contributed by atoms with Gasteiger partial charge in [-0.05, 0) is 36.1 Å². The van der Waals surface area contributed by atoms with E-state index < -0.39 is 12.0 Å². The Bertz CT molecular complexity index is 1470. The van der Waals surface area contributed by atoms with Gasteiger partial charge in [0.15, 0.2) is 6.10 Å². The fourth-order valence-corrected chi connectivity index (χ4v) is 4.82. The van der Waals surface area contributed by atoms with Crippen LogP contribution in [-0.2, 0) is 14.9 Å². The zero-order valence-electron chi connectivity index (χ0n) is 23.7. The van der Waals surface area contributed by atoms with Gasteiger partial charge in [-0.2, -0.15) is 5.10 Å². The molecule has 5 rings (SSSR count). The molecule has 1 aromatic heterocycles. The summed E-state index contributed by atoms with van der Waals surface area (Å²) in [5, 5.41) is 20.6.